The van der Waals surface area contributed by atoms with Crippen LogP contribution in [0.25, 0.3) is 0 Å². The van der Waals surface area contributed by atoms with Gasteiger partial charge in [0.05, 0.1) is 6.21 Å². The second-order valence-corrected chi connectivity index (χ2v) is 2.86. The molecule has 0 amide bonds. The van der Waals surface area contributed by atoms with Crippen LogP contribution in [0.5, 0.6) is 11.5 Å². The van der Waals surface area contributed by atoms with Gasteiger partial charge in [-0.15, -0.1) is 5.10 Å². The Kier molecular flexibility index (Phi) is 3.81. The summed E-state index contributed by atoms with van der Waals surface area (Å²) >= 11 is 0. The third kappa shape index (κ3) is 4.03. The van der Waals surface area contributed by atoms with Crippen LogP contribution < -0.4 is 11.2 Å². The fraction of sp³-hybridized carbons (Fsp3) is 0. The molecule has 1 rings (SSSR count). The normalized spacial score (nSPS) is 11.6. The largest absolute Gasteiger partial charge is 0.508 e. The van der Waals surface area contributed by atoms with Gasteiger partial charge in [-0.05, 0) is 17.6 Å². The highest BCUT2D eigenvalue weighted by Gasteiger charge is 2.03. The van der Waals surface area contributed by atoms with Crippen molar-refractivity contribution in [2.24, 2.45) is 15.9 Å². The van der Waals surface area contributed by atoms with E-state index >= 15 is 0 Å². The summed E-state index contributed by atoms with van der Waals surface area (Å²) in [6, 6.07) is 3.87. The van der Waals surface area contributed by atoms with E-state index in [0.29, 0.717) is 5.56 Å². The molecular formula is C8H10N5O4+. The Labute approximate surface area is 95.0 Å². The molecule has 0 atom stereocenters. The maximum atomic E-state index is 10.1. The standard InChI is InChI=1S/C8H9N5O4/c9-8(12-13(16)17)11-10-4-5-1-2-6(14)3-7(5)15/h1-4H,(H5-,9,10,11,12,14,15,16,17)/p+1. The molecule has 0 aliphatic heterocycles. The van der Waals surface area contributed by atoms with Crippen LogP contribution >= 0.6 is 0 Å². The minimum Gasteiger partial charge on any atom is -0.508 e. The van der Waals surface area contributed by atoms with E-state index in [4.69, 9.17) is 16.0 Å². The van der Waals surface area contributed by atoms with Crippen molar-refractivity contribution in [3.63, 3.8) is 0 Å². The number of nitrogens with zero attached hydrogens (tertiary/aromatic N) is 3. The lowest BCUT2D eigenvalue weighted by Gasteiger charge is -1.97. The van der Waals surface area contributed by atoms with E-state index in [1.807, 2.05) is 0 Å². The smallest absolute Gasteiger partial charge is 0.362 e. The number of benzene rings is 1. The molecule has 17 heavy (non-hydrogen) atoms. The second-order valence-electron chi connectivity index (χ2n) is 2.86. The van der Waals surface area contributed by atoms with Crippen molar-refractivity contribution in [3.05, 3.63) is 28.7 Å². The van der Waals surface area contributed by atoms with E-state index in [1.54, 1.807) is 5.43 Å². The fourth-order valence-corrected chi connectivity index (χ4v) is 0.915. The van der Waals surface area contributed by atoms with Crippen molar-refractivity contribution in [3.8, 4) is 11.5 Å². The topological polar surface area (TPSA) is 144 Å². The summed E-state index contributed by atoms with van der Waals surface area (Å²) < 4.78 is 0. The summed E-state index contributed by atoms with van der Waals surface area (Å²) in [4.78, 5) is 10.1. The summed E-state index contributed by atoms with van der Waals surface area (Å²) in [6.07, 6.45) is 1.15. The predicted molar refractivity (Wildman–Crippen MR) is 57.5 cm³/mol. The Hall–Kier alpha value is -2.84. The van der Waals surface area contributed by atoms with Gasteiger partial charge in [0.1, 0.15) is 16.4 Å². The number of phenols is 2. The third-order valence-corrected chi connectivity index (χ3v) is 1.59. The van der Waals surface area contributed by atoms with E-state index in [2.05, 4.69) is 10.2 Å². The highest BCUT2D eigenvalue weighted by molar-refractivity contribution is 5.84. The van der Waals surface area contributed by atoms with Crippen molar-refractivity contribution in [1.29, 1.82) is 0 Å². The van der Waals surface area contributed by atoms with Crippen LogP contribution in [-0.4, -0.2) is 32.6 Å². The maximum Gasteiger partial charge on any atom is 0.362 e. The lowest BCUT2D eigenvalue weighted by atomic mass is 10.2. The van der Waals surface area contributed by atoms with Gasteiger partial charge >= 0.3 is 5.03 Å². The summed E-state index contributed by atoms with van der Waals surface area (Å²) in [6.45, 7) is 0. The van der Waals surface area contributed by atoms with E-state index in [-0.39, 0.29) is 11.5 Å². The number of rotatable bonds is 3. The van der Waals surface area contributed by atoms with E-state index in [0.717, 1.165) is 12.3 Å². The molecule has 0 aromatic heterocycles. The van der Waals surface area contributed by atoms with Crippen LogP contribution in [0.2, 0.25) is 0 Å². The van der Waals surface area contributed by atoms with E-state index < -0.39 is 11.0 Å². The van der Waals surface area contributed by atoms with Gasteiger partial charge in [0.15, 0.2) is 0 Å². The SMILES string of the molecule is N/C(=N\N=C\c1ccc(O)cc1O)N[N+](=O)O. The van der Waals surface area contributed by atoms with Gasteiger partial charge in [0.25, 0.3) is 5.96 Å². The van der Waals surface area contributed by atoms with Gasteiger partial charge in [-0.25, -0.2) is 5.21 Å². The Morgan fingerprint density at radius 2 is 2.18 bits per heavy atom. The molecule has 0 saturated carbocycles. The van der Waals surface area contributed by atoms with Gasteiger partial charge < -0.3 is 15.9 Å². The van der Waals surface area contributed by atoms with Crippen LogP contribution in [0, 0.1) is 4.91 Å². The summed E-state index contributed by atoms with van der Waals surface area (Å²) in [7, 11) is 0. The Bertz CT molecular complexity index is 485. The zero-order valence-electron chi connectivity index (χ0n) is 8.48. The molecule has 6 N–H and O–H groups in total. The molecule has 0 fully saturated rings. The molecule has 9 nitrogen and oxygen atoms in total. The molecule has 90 valence electrons. The third-order valence-electron chi connectivity index (χ3n) is 1.59. The first-order valence-corrected chi connectivity index (χ1v) is 4.30. The average molecular weight is 240 g/mol. The van der Waals surface area contributed by atoms with Crippen LogP contribution in [0.1, 0.15) is 5.56 Å². The van der Waals surface area contributed by atoms with Gasteiger partial charge in [-0.1, -0.05) is 0 Å². The highest BCUT2D eigenvalue weighted by atomic mass is 16.7. The molecule has 0 bridgehead atoms. The number of nitrogens with two attached hydrogens (primary N) is 1. The summed E-state index contributed by atoms with van der Waals surface area (Å²) in [5, 5.41) is 32.7. The number of hydrogen-bond acceptors (Lipinski definition) is 5. The number of hydrogen-bond donors (Lipinski definition) is 5. The number of guanidine groups is 1. The molecule has 9 heteroatoms. The van der Waals surface area contributed by atoms with Crippen molar-refractivity contribution in [2.45, 2.75) is 0 Å². The molecule has 0 aliphatic rings. The van der Waals surface area contributed by atoms with Crippen LogP contribution in [-0.2, 0) is 0 Å². The molecule has 0 aliphatic carbocycles. The monoisotopic (exact) mass is 240 g/mol. The quantitative estimate of drug-likeness (QED) is 0.271. The molecule has 1 aromatic rings. The Balaban J connectivity index is 2.74. The molecular weight excluding hydrogens is 230 g/mol. The van der Waals surface area contributed by atoms with Gasteiger partial charge in [-0.2, -0.15) is 5.10 Å². The first-order chi connectivity index (χ1) is 7.99. The maximum absolute atomic E-state index is 10.1. The minimum absolute atomic E-state index is 0.0911. The second kappa shape index (κ2) is 5.30. The van der Waals surface area contributed by atoms with Crippen molar-refractivity contribution in [2.75, 3.05) is 0 Å². The van der Waals surface area contributed by atoms with Crippen molar-refractivity contribution in [1.82, 2.24) is 5.43 Å². The van der Waals surface area contributed by atoms with Gasteiger partial charge in [0.2, 0.25) is 0 Å². The van der Waals surface area contributed by atoms with Crippen LogP contribution in [0.3, 0.4) is 0 Å². The van der Waals surface area contributed by atoms with Gasteiger partial charge in [-0.3, -0.25) is 0 Å². The lowest BCUT2D eigenvalue weighted by molar-refractivity contribution is -0.822. The Morgan fingerprint density at radius 1 is 1.47 bits per heavy atom. The number of nitrogens with one attached hydrogen (secondary N) is 1. The van der Waals surface area contributed by atoms with Crippen LogP contribution in [0.15, 0.2) is 28.4 Å². The zero-order chi connectivity index (χ0) is 12.8. The fourth-order valence-electron chi connectivity index (χ4n) is 0.915. The predicted octanol–water partition coefficient (Wildman–Crippen LogP) is -0.581. The molecule has 0 radical (unpaired) electrons. The molecule has 0 unspecified atom stereocenters. The van der Waals surface area contributed by atoms with Crippen molar-refractivity contribution < 1.29 is 20.5 Å². The molecule has 0 spiro atoms. The number of aromatic hydroxyl groups is 2. The first kappa shape index (κ1) is 12.2. The summed E-state index contributed by atoms with van der Waals surface area (Å²) in [5.41, 5.74) is 7.11. The van der Waals surface area contributed by atoms with Gasteiger partial charge in [0, 0.05) is 11.6 Å². The lowest BCUT2D eigenvalue weighted by Crippen LogP contribution is -2.36. The number of phenolic OH excluding ortho intramolecular Hbond substituents is 2. The molecule has 1 aromatic carbocycles. The van der Waals surface area contributed by atoms with E-state index in [1.165, 1.54) is 12.1 Å². The first-order valence-electron chi connectivity index (χ1n) is 4.30. The minimum atomic E-state index is -0.633. The van der Waals surface area contributed by atoms with Crippen LogP contribution in [0.4, 0.5) is 0 Å². The Morgan fingerprint density at radius 3 is 2.76 bits per heavy atom. The average Bonchev–Trinajstić information content (AvgIpc) is 2.20. The summed E-state index contributed by atoms with van der Waals surface area (Å²) in [5.74, 6) is -0.716. The number of hydrazine groups is 1. The molecule has 0 heterocycles. The van der Waals surface area contributed by atoms with E-state index in [9.17, 15) is 10.0 Å². The zero-order valence-corrected chi connectivity index (χ0v) is 8.48. The molecule has 0 saturated heterocycles. The highest BCUT2D eigenvalue weighted by Crippen LogP contribution is 2.20. The van der Waals surface area contributed by atoms with Crippen molar-refractivity contribution >= 4 is 12.2 Å².